The molecule has 128 valence electrons. The van der Waals surface area contributed by atoms with Crippen molar-refractivity contribution < 1.29 is 9.53 Å². The average molecular weight is 382 g/mol. The third kappa shape index (κ3) is 5.85. The van der Waals surface area contributed by atoms with Gasteiger partial charge in [0.05, 0.1) is 12.4 Å². The summed E-state index contributed by atoms with van der Waals surface area (Å²) in [6.45, 7) is 5.91. The molecule has 0 aliphatic carbocycles. The van der Waals surface area contributed by atoms with Crippen molar-refractivity contribution in [2.24, 2.45) is 0 Å². The third-order valence-corrected chi connectivity index (χ3v) is 6.29. The lowest BCUT2D eigenvalue weighted by molar-refractivity contribution is -0.120. The normalized spacial score (nSPS) is 11.8. The van der Waals surface area contributed by atoms with Crippen LogP contribution in [-0.2, 0) is 10.5 Å². The lowest BCUT2D eigenvalue weighted by Gasteiger charge is -2.07. The van der Waals surface area contributed by atoms with Crippen LogP contribution < -0.4 is 10.1 Å². The minimum absolute atomic E-state index is 0.0254. The van der Waals surface area contributed by atoms with Gasteiger partial charge in [-0.15, -0.1) is 16.8 Å². The molecule has 0 spiro atoms. The number of ether oxygens (including phenoxy) is 1. The summed E-state index contributed by atoms with van der Waals surface area (Å²) in [5, 5.41) is 10.9. The van der Waals surface area contributed by atoms with Gasteiger partial charge in [-0.1, -0.05) is 53.1 Å². The van der Waals surface area contributed by atoms with Gasteiger partial charge in [-0.25, -0.2) is 0 Å². The van der Waals surface area contributed by atoms with Crippen LogP contribution in [-0.4, -0.2) is 35.0 Å². The van der Waals surface area contributed by atoms with Gasteiger partial charge in [0.1, 0.15) is 5.75 Å². The van der Waals surface area contributed by atoms with E-state index >= 15 is 0 Å². The molecular formula is C16H19N3O2S3. The van der Waals surface area contributed by atoms with Crippen molar-refractivity contribution in [2.75, 3.05) is 13.7 Å². The molecule has 0 unspecified atom stereocenters. The molecule has 24 heavy (non-hydrogen) atoms. The maximum Gasteiger partial charge on any atom is 0.233 e. The Hall–Kier alpha value is -1.51. The molecule has 0 fully saturated rings. The van der Waals surface area contributed by atoms with Crippen LogP contribution >= 0.6 is 34.9 Å². The molecule has 0 saturated heterocycles. The summed E-state index contributed by atoms with van der Waals surface area (Å²) < 4.78 is 6.84. The van der Waals surface area contributed by atoms with Gasteiger partial charge >= 0.3 is 0 Å². The second-order valence-electron chi connectivity index (χ2n) is 4.76. The van der Waals surface area contributed by atoms with Crippen LogP contribution in [0.15, 0.2) is 45.6 Å². The molecule has 1 amide bonds. The van der Waals surface area contributed by atoms with Gasteiger partial charge in [-0.2, -0.15) is 0 Å². The molecule has 1 N–H and O–H groups in total. The number of nitrogens with one attached hydrogen (secondary N) is 1. The fourth-order valence-corrected chi connectivity index (χ4v) is 4.84. The Kier molecular flexibility index (Phi) is 7.61. The fourth-order valence-electron chi connectivity index (χ4n) is 1.69. The Balaban J connectivity index is 1.83. The van der Waals surface area contributed by atoms with E-state index in [2.05, 4.69) is 22.1 Å². The van der Waals surface area contributed by atoms with Crippen molar-refractivity contribution in [3.8, 4) is 5.75 Å². The summed E-state index contributed by atoms with van der Waals surface area (Å²) in [5.74, 6) is 1.64. The van der Waals surface area contributed by atoms with Gasteiger partial charge in [0.2, 0.25) is 5.91 Å². The number of nitrogens with zero attached hydrogens (tertiary/aromatic N) is 2. The summed E-state index contributed by atoms with van der Waals surface area (Å²) in [6.07, 6.45) is 1.66. The van der Waals surface area contributed by atoms with Crippen molar-refractivity contribution in [1.29, 1.82) is 0 Å². The number of thioether (sulfide) groups is 2. The molecule has 1 atom stereocenters. The number of amides is 1. The molecule has 2 rings (SSSR count). The van der Waals surface area contributed by atoms with Crippen LogP contribution in [0.25, 0.3) is 0 Å². The highest BCUT2D eigenvalue weighted by molar-refractivity contribution is 8.03. The van der Waals surface area contributed by atoms with Crippen LogP contribution in [0.3, 0.4) is 0 Å². The van der Waals surface area contributed by atoms with Gasteiger partial charge in [0.25, 0.3) is 0 Å². The lowest BCUT2D eigenvalue weighted by atomic mass is 10.2. The minimum atomic E-state index is -0.211. The number of benzene rings is 1. The number of hydrogen-bond donors (Lipinski definition) is 1. The fraction of sp³-hybridized carbons (Fsp3) is 0.312. The zero-order chi connectivity index (χ0) is 17.4. The van der Waals surface area contributed by atoms with Crippen molar-refractivity contribution in [2.45, 2.75) is 26.6 Å². The van der Waals surface area contributed by atoms with Gasteiger partial charge in [-0.05, 0) is 24.6 Å². The number of rotatable bonds is 9. The molecule has 0 saturated carbocycles. The van der Waals surface area contributed by atoms with E-state index in [0.717, 1.165) is 20.2 Å². The van der Waals surface area contributed by atoms with E-state index in [1.807, 2.05) is 31.2 Å². The second kappa shape index (κ2) is 9.71. The Labute approximate surface area is 154 Å². The predicted octanol–water partition coefficient (Wildman–Crippen LogP) is 3.62. The summed E-state index contributed by atoms with van der Waals surface area (Å²) in [4.78, 5) is 11.8. The molecule has 0 aliphatic rings. The smallest absolute Gasteiger partial charge is 0.233 e. The molecular weight excluding hydrogens is 362 g/mol. The second-order valence-corrected chi connectivity index (χ2v) is 8.55. The Morgan fingerprint density at radius 3 is 2.75 bits per heavy atom. The molecule has 1 aromatic heterocycles. The van der Waals surface area contributed by atoms with Gasteiger partial charge in [-0.3, -0.25) is 4.79 Å². The molecule has 2 aromatic rings. The maximum absolute atomic E-state index is 11.8. The zero-order valence-electron chi connectivity index (χ0n) is 13.5. The van der Waals surface area contributed by atoms with Gasteiger partial charge in [0.15, 0.2) is 8.68 Å². The highest BCUT2D eigenvalue weighted by Gasteiger charge is 2.16. The van der Waals surface area contributed by atoms with E-state index < -0.39 is 0 Å². The van der Waals surface area contributed by atoms with E-state index in [4.69, 9.17) is 4.74 Å². The Bertz CT molecular complexity index is 673. The summed E-state index contributed by atoms with van der Waals surface area (Å²) in [6, 6.07) is 7.96. The Morgan fingerprint density at radius 1 is 1.38 bits per heavy atom. The highest BCUT2D eigenvalue weighted by Crippen LogP contribution is 2.32. The van der Waals surface area contributed by atoms with Crippen molar-refractivity contribution in [3.63, 3.8) is 0 Å². The first-order valence-corrected chi connectivity index (χ1v) is 9.95. The van der Waals surface area contributed by atoms with Gasteiger partial charge in [0, 0.05) is 12.3 Å². The monoisotopic (exact) mass is 381 g/mol. The van der Waals surface area contributed by atoms with Crippen LogP contribution in [0.5, 0.6) is 5.75 Å². The van der Waals surface area contributed by atoms with Crippen molar-refractivity contribution >= 4 is 40.8 Å². The zero-order valence-corrected chi connectivity index (χ0v) is 16.0. The number of methoxy groups -OCH3 is 1. The van der Waals surface area contributed by atoms with Crippen LogP contribution in [0.1, 0.15) is 12.5 Å². The summed E-state index contributed by atoms with van der Waals surface area (Å²) >= 11 is 4.56. The van der Waals surface area contributed by atoms with E-state index in [9.17, 15) is 4.79 Å². The standard InChI is InChI=1S/C16H19N3O2S3/c1-4-9-17-14(20)11(2)23-16-19-18-15(24-16)22-10-12-5-7-13(21-3)8-6-12/h4-8,11H,1,9-10H2,2-3H3,(H,17,20)/t11-/m0/s1. The van der Waals surface area contributed by atoms with E-state index in [1.165, 1.54) is 28.7 Å². The highest BCUT2D eigenvalue weighted by atomic mass is 32.2. The minimum Gasteiger partial charge on any atom is -0.497 e. The van der Waals surface area contributed by atoms with Crippen LogP contribution in [0.2, 0.25) is 0 Å². The summed E-state index contributed by atoms with van der Waals surface area (Å²) in [7, 11) is 1.66. The third-order valence-electron chi connectivity index (χ3n) is 2.98. The molecule has 5 nitrogen and oxygen atoms in total. The van der Waals surface area contributed by atoms with Crippen molar-refractivity contribution in [1.82, 2.24) is 15.5 Å². The van der Waals surface area contributed by atoms with Gasteiger partial charge < -0.3 is 10.1 Å². The quantitative estimate of drug-likeness (QED) is 0.529. The molecule has 0 radical (unpaired) electrons. The SMILES string of the molecule is C=CCNC(=O)[C@H](C)Sc1nnc(SCc2ccc(OC)cc2)s1. The average Bonchev–Trinajstić information content (AvgIpc) is 3.05. The first kappa shape index (κ1) is 18.8. The van der Waals surface area contributed by atoms with Crippen LogP contribution in [0.4, 0.5) is 0 Å². The van der Waals surface area contributed by atoms with Crippen molar-refractivity contribution in [3.05, 3.63) is 42.5 Å². The van der Waals surface area contributed by atoms with E-state index in [-0.39, 0.29) is 11.2 Å². The Morgan fingerprint density at radius 2 is 2.08 bits per heavy atom. The van der Waals surface area contributed by atoms with E-state index in [0.29, 0.717) is 6.54 Å². The number of aromatic nitrogens is 2. The van der Waals surface area contributed by atoms with E-state index in [1.54, 1.807) is 24.9 Å². The first-order valence-electron chi connectivity index (χ1n) is 7.27. The molecule has 0 aliphatic heterocycles. The lowest BCUT2D eigenvalue weighted by Crippen LogP contribution is -2.30. The predicted molar refractivity (Wildman–Crippen MR) is 101 cm³/mol. The molecule has 1 heterocycles. The number of hydrogen-bond acceptors (Lipinski definition) is 7. The molecule has 0 bridgehead atoms. The number of carbonyl (C=O) groups is 1. The number of carbonyl (C=O) groups excluding carboxylic acids is 1. The molecule has 8 heteroatoms. The first-order chi connectivity index (χ1) is 11.6. The van der Waals surface area contributed by atoms with Crippen LogP contribution in [0, 0.1) is 0 Å². The summed E-state index contributed by atoms with van der Waals surface area (Å²) in [5.41, 5.74) is 1.20. The largest absolute Gasteiger partial charge is 0.497 e. The molecule has 1 aromatic carbocycles. The topological polar surface area (TPSA) is 64.1 Å². The maximum atomic E-state index is 11.8.